The Balaban J connectivity index is 2.15. The van der Waals surface area contributed by atoms with Crippen LogP contribution in [0.3, 0.4) is 0 Å². The van der Waals surface area contributed by atoms with Crippen LogP contribution in [0.2, 0.25) is 0 Å². The predicted molar refractivity (Wildman–Crippen MR) is 84.6 cm³/mol. The zero-order chi connectivity index (χ0) is 13.5. The molecule has 2 aromatic rings. The van der Waals surface area contributed by atoms with Gasteiger partial charge in [0.2, 0.25) is 0 Å². The Labute approximate surface area is 122 Å². The van der Waals surface area contributed by atoms with Gasteiger partial charge in [-0.15, -0.1) is 0 Å². The number of hydrogen-bond donors (Lipinski definition) is 2. The van der Waals surface area contributed by atoms with E-state index in [0.29, 0.717) is 0 Å². The molecular formula is C16H17BrN2. The number of benzene rings is 2. The van der Waals surface area contributed by atoms with Crippen molar-refractivity contribution in [2.45, 2.75) is 18.8 Å². The normalized spacial score (nSPS) is 21.6. The van der Waals surface area contributed by atoms with Crippen molar-refractivity contribution >= 4 is 27.3 Å². The minimum atomic E-state index is 0.0245. The first kappa shape index (κ1) is 12.5. The first-order valence-electron chi connectivity index (χ1n) is 6.49. The minimum absolute atomic E-state index is 0.0245. The third kappa shape index (κ3) is 2.12. The standard InChI is InChI=1S/C16H17BrN2/c1-16(11-2-4-12(17)5-3-11)8-9-19-15-7-6-13(18)10-14(15)16/h2-7,10,19H,8-9,18H2,1H3. The first-order valence-corrected chi connectivity index (χ1v) is 7.29. The topological polar surface area (TPSA) is 38.0 Å². The summed E-state index contributed by atoms with van der Waals surface area (Å²) < 4.78 is 1.11. The summed E-state index contributed by atoms with van der Waals surface area (Å²) in [6.45, 7) is 3.29. The molecule has 1 aliphatic heterocycles. The molecular weight excluding hydrogens is 300 g/mol. The highest BCUT2D eigenvalue weighted by molar-refractivity contribution is 9.10. The van der Waals surface area contributed by atoms with Gasteiger partial charge in [0.15, 0.2) is 0 Å². The largest absolute Gasteiger partial charge is 0.399 e. The number of nitrogen functional groups attached to an aromatic ring is 1. The van der Waals surface area contributed by atoms with E-state index in [9.17, 15) is 0 Å². The molecule has 0 saturated heterocycles. The van der Waals surface area contributed by atoms with Crippen LogP contribution in [0.25, 0.3) is 0 Å². The zero-order valence-corrected chi connectivity index (χ0v) is 12.5. The lowest BCUT2D eigenvalue weighted by Crippen LogP contribution is -2.32. The fourth-order valence-electron chi connectivity index (χ4n) is 2.87. The monoisotopic (exact) mass is 316 g/mol. The second-order valence-corrected chi connectivity index (χ2v) is 6.24. The molecule has 0 bridgehead atoms. The Morgan fingerprint density at radius 1 is 1.16 bits per heavy atom. The number of nitrogens with two attached hydrogens (primary N) is 1. The maximum Gasteiger partial charge on any atom is 0.0383 e. The molecule has 0 aromatic heterocycles. The third-order valence-electron chi connectivity index (χ3n) is 4.06. The number of anilines is 2. The van der Waals surface area contributed by atoms with E-state index >= 15 is 0 Å². The van der Waals surface area contributed by atoms with E-state index in [-0.39, 0.29) is 5.41 Å². The van der Waals surface area contributed by atoms with Crippen LogP contribution >= 0.6 is 15.9 Å². The highest BCUT2D eigenvalue weighted by Crippen LogP contribution is 2.43. The van der Waals surface area contributed by atoms with Crippen molar-refractivity contribution in [2.75, 3.05) is 17.6 Å². The molecule has 1 unspecified atom stereocenters. The molecule has 1 atom stereocenters. The minimum Gasteiger partial charge on any atom is -0.399 e. The second-order valence-electron chi connectivity index (χ2n) is 5.32. The lowest BCUT2D eigenvalue weighted by atomic mass is 9.71. The van der Waals surface area contributed by atoms with Crippen LogP contribution in [-0.4, -0.2) is 6.54 Å². The van der Waals surface area contributed by atoms with E-state index < -0.39 is 0 Å². The predicted octanol–water partition coefficient (Wildman–Crippen LogP) is 4.15. The van der Waals surface area contributed by atoms with Crippen LogP contribution < -0.4 is 11.1 Å². The van der Waals surface area contributed by atoms with Crippen molar-refractivity contribution in [2.24, 2.45) is 0 Å². The van der Waals surface area contributed by atoms with Crippen LogP contribution in [0.5, 0.6) is 0 Å². The highest BCUT2D eigenvalue weighted by atomic mass is 79.9. The fraction of sp³-hybridized carbons (Fsp3) is 0.250. The molecule has 3 N–H and O–H groups in total. The summed E-state index contributed by atoms with van der Waals surface area (Å²) in [5.74, 6) is 0. The van der Waals surface area contributed by atoms with E-state index in [1.165, 1.54) is 16.8 Å². The van der Waals surface area contributed by atoms with E-state index in [4.69, 9.17) is 5.73 Å². The quantitative estimate of drug-likeness (QED) is 0.775. The molecule has 3 heteroatoms. The fourth-order valence-corrected chi connectivity index (χ4v) is 3.14. The third-order valence-corrected chi connectivity index (χ3v) is 4.59. The van der Waals surface area contributed by atoms with E-state index in [1.54, 1.807) is 0 Å². The van der Waals surface area contributed by atoms with Gasteiger partial charge < -0.3 is 11.1 Å². The molecule has 0 fully saturated rings. The van der Waals surface area contributed by atoms with Crippen molar-refractivity contribution in [3.05, 3.63) is 58.1 Å². The van der Waals surface area contributed by atoms with E-state index in [2.05, 4.69) is 64.6 Å². The molecule has 1 aliphatic rings. The Hall–Kier alpha value is -1.48. The van der Waals surface area contributed by atoms with Gasteiger partial charge in [-0.2, -0.15) is 0 Å². The van der Waals surface area contributed by atoms with Gasteiger partial charge in [0, 0.05) is 27.8 Å². The van der Waals surface area contributed by atoms with Gasteiger partial charge in [-0.3, -0.25) is 0 Å². The molecule has 0 aliphatic carbocycles. The van der Waals surface area contributed by atoms with E-state index in [0.717, 1.165) is 23.1 Å². The maximum atomic E-state index is 5.97. The van der Waals surface area contributed by atoms with Gasteiger partial charge >= 0.3 is 0 Å². The van der Waals surface area contributed by atoms with Crippen LogP contribution in [-0.2, 0) is 5.41 Å². The zero-order valence-electron chi connectivity index (χ0n) is 10.9. The molecule has 98 valence electrons. The van der Waals surface area contributed by atoms with Crippen LogP contribution in [0.1, 0.15) is 24.5 Å². The van der Waals surface area contributed by atoms with Gasteiger partial charge in [-0.05, 0) is 47.9 Å². The van der Waals surface area contributed by atoms with Gasteiger partial charge in [0.05, 0.1) is 0 Å². The van der Waals surface area contributed by atoms with Crippen LogP contribution in [0.4, 0.5) is 11.4 Å². The Morgan fingerprint density at radius 2 is 1.89 bits per heavy atom. The SMILES string of the molecule is CC1(c2ccc(Br)cc2)CCNc2ccc(N)cc21. The molecule has 0 saturated carbocycles. The summed E-state index contributed by atoms with van der Waals surface area (Å²) >= 11 is 3.50. The molecule has 0 spiro atoms. The summed E-state index contributed by atoms with van der Waals surface area (Å²) in [4.78, 5) is 0. The van der Waals surface area contributed by atoms with Crippen molar-refractivity contribution in [3.63, 3.8) is 0 Å². The summed E-state index contributed by atoms with van der Waals surface area (Å²) in [7, 11) is 0. The lowest BCUT2D eigenvalue weighted by Gasteiger charge is -2.37. The summed E-state index contributed by atoms with van der Waals surface area (Å²) in [6.07, 6.45) is 1.07. The lowest BCUT2D eigenvalue weighted by molar-refractivity contribution is 0.522. The number of rotatable bonds is 1. The molecule has 2 nitrogen and oxygen atoms in total. The molecule has 1 heterocycles. The summed E-state index contributed by atoms with van der Waals surface area (Å²) in [5.41, 5.74) is 10.6. The molecule has 19 heavy (non-hydrogen) atoms. The van der Waals surface area contributed by atoms with Gasteiger partial charge in [-0.25, -0.2) is 0 Å². The molecule has 0 radical (unpaired) electrons. The van der Waals surface area contributed by atoms with E-state index in [1.807, 2.05) is 6.07 Å². The van der Waals surface area contributed by atoms with Gasteiger partial charge in [0.1, 0.15) is 0 Å². The smallest absolute Gasteiger partial charge is 0.0383 e. The van der Waals surface area contributed by atoms with Gasteiger partial charge in [0.25, 0.3) is 0 Å². The average Bonchev–Trinajstić information content (AvgIpc) is 2.40. The van der Waals surface area contributed by atoms with Crippen molar-refractivity contribution in [1.82, 2.24) is 0 Å². The Morgan fingerprint density at radius 3 is 2.63 bits per heavy atom. The highest BCUT2D eigenvalue weighted by Gasteiger charge is 2.33. The van der Waals surface area contributed by atoms with Crippen LogP contribution in [0.15, 0.2) is 46.9 Å². The number of fused-ring (bicyclic) bond motifs is 1. The van der Waals surface area contributed by atoms with Crippen molar-refractivity contribution in [3.8, 4) is 0 Å². The Kier molecular flexibility index (Phi) is 3.02. The number of hydrogen-bond acceptors (Lipinski definition) is 2. The maximum absolute atomic E-state index is 5.97. The number of nitrogens with one attached hydrogen (secondary N) is 1. The van der Waals surface area contributed by atoms with Gasteiger partial charge in [-0.1, -0.05) is 35.0 Å². The van der Waals surface area contributed by atoms with Crippen molar-refractivity contribution < 1.29 is 0 Å². The second kappa shape index (κ2) is 4.57. The Bertz CT molecular complexity index is 607. The van der Waals surface area contributed by atoms with Crippen molar-refractivity contribution in [1.29, 1.82) is 0 Å². The molecule has 2 aromatic carbocycles. The summed E-state index contributed by atoms with van der Waals surface area (Å²) in [6, 6.07) is 14.7. The first-order chi connectivity index (χ1) is 9.09. The van der Waals surface area contributed by atoms with Crippen LogP contribution in [0, 0.1) is 0 Å². The molecule has 0 amide bonds. The number of halogens is 1. The average molecular weight is 317 g/mol. The summed E-state index contributed by atoms with van der Waals surface area (Å²) in [5, 5.41) is 3.46. The molecule has 3 rings (SSSR count).